The monoisotopic (exact) mass is 462 g/mol. The fraction of sp³-hybridized carbons (Fsp3) is 0.238. The molecule has 0 bridgehead atoms. The van der Waals surface area contributed by atoms with E-state index < -0.39 is 47.9 Å². The first-order valence-corrected chi connectivity index (χ1v) is 9.49. The van der Waals surface area contributed by atoms with Gasteiger partial charge in [0, 0.05) is 18.2 Å². The second-order valence-corrected chi connectivity index (χ2v) is 7.34. The predicted octanol–water partition coefficient (Wildman–Crippen LogP) is -0.152. The Kier molecular flexibility index (Phi) is 5.59. The number of aromatic hydroxyl groups is 3. The van der Waals surface area contributed by atoms with Crippen molar-refractivity contribution in [2.24, 2.45) is 0 Å². The number of phenols is 3. The molecule has 12 heteroatoms. The largest absolute Gasteiger partial charge is 0.508 e. The highest BCUT2D eigenvalue weighted by atomic mass is 16.7. The van der Waals surface area contributed by atoms with E-state index in [1.807, 2.05) is 0 Å². The van der Waals surface area contributed by atoms with Crippen LogP contribution in [0.15, 0.2) is 45.6 Å². The van der Waals surface area contributed by atoms with Crippen molar-refractivity contribution in [3.63, 3.8) is 0 Å². The van der Waals surface area contributed by atoms with Gasteiger partial charge in [0.05, 0.1) is 5.56 Å². The Labute approximate surface area is 183 Å². The number of carbonyl (C=O) groups is 1. The number of phenolic OH excluding ortho intramolecular Hbond substituents is 3. The van der Waals surface area contributed by atoms with E-state index in [1.54, 1.807) is 0 Å². The quantitative estimate of drug-likeness (QED) is 0.253. The SMILES string of the molecule is O=C(O)[C@H]1O[C@H](Oc2cc(O)c3c(=O)cc(-c4cc(O)ccc4O)oc3c2)[C@H](O)[C@H](O)[C@H]1O. The zero-order valence-corrected chi connectivity index (χ0v) is 16.5. The average molecular weight is 462 g/mol. The number of aliphatic hydroxyl groups excluding tert-OH is 3. The third-order valence-corrected chi connectivity index (χ3v) is 5.09. The highest BCUT2D eigenvalue weighted by Crippen LogP contribution is 2.36. The maximum absolute atomic E-state index is 12.5. The molecule has 33 heavy (non-hydrogen) atoms. The van der Waals surface area contributed by atoms with Gasteiger partial charge in [0.15, 0.2) is 11.5 Å². The summed E-state index contributed by atoms with van der Waals surface area (Å²) < 4.78 is 16.0. The van der Waals surface area contributed by atoms with Crippen molar-refractivity contribution in [3.8, 4) is 34.3 Å². The second kappa shape index (κ2) is 8.26. The molecule has 7 N–H and O–H groups in total. The Morgan fingerprint density at radius 1 is 0.909 bits per heavy atom. The van der Waals surface area contributed by atoms with Gasteiger partial charge in [0.1, 0.15) is 58.0 Å². The Morgan fingerprint density at radius 3 is 2.33 bits per heavy atom. The molecule has 174 valence electrons. The van der Waals surface area contributed by atoms with Crippen molar-refractivity contribution in [3.05, 3.63) is 46.6 Å². The second-order valence-electron chi connectivity index (χ2n) is 7.34. The lowest BCUT2D eigenvalue weighted by Gasteiger charge is -2.38. The number of hydrogen-bond acceptors (Lipinski definition) is 11. The molecule has 0 unspecified atom stereocenters. The van der Waals surface area contributed by atoms with Crippen LogP contribution in [0.25, 0.3) is 22.3 Å². The molecule has 1 saturated heterocycles. The summed E-state index contributed by atoms with van der Waals surface area (Å²) in [6.07, 6.45) is -9.34. The first-order chi connectivity index (χ1) is 15.6. The zero-order chi connectivity index (χ0) is 24.0. The van der Waals surface area contributed by atoms with E-state index in [0.29, 0.717) is 0 Å². The molecule has 0 aliphatic carbocycles. The van der Waals surface area contributed by atoms with E-state index in [1.165, 1.54) is 12.1 Å². The Hall–Kier alpha value is -3.84. The smallest absolute Gasteiger partial charge is 0.335 e. The van der Waals surface area contributed by atoms with Crippen LogP contribution in [0.1, 0.15) is 0 Å². The summed E-state index contributed by atoms with van der Waals surface area (Å²) in [5.41, 5.74) is -0.903. The minimum absolute atomic E-state index is 0.00717. The van der Waals surface area contributed by atoms with Crippen LogP contribution in [-0.2, 0) is 9.53 Å². The molecular formula is C21H18O12. The van der Waals surface area contributed by atoms with Crippen molar-refractivity contribution < 1.29 is 54.4 Å². The lowest BCUT2D eigenvalue weighted by Crippen LogP contribution is -2.61. The number of benzene rings is 2. The molecule has 0 saturated carbocycles. The molecule has 5 atom stereocenters. The van der Waals surface area contributed by atoms with E-state index in [-0.39, 0.29) is 39.5 Å². The molecule has 2 aromatic carbocycles. The third-order valence-electron chi connectivity index (χ3n) is 5.09. The van der Waals surface area contributed by atoms with Gasteiger partial charge in [-0.2, -0.15) is 0 Å². The van der Waals surface area contributed by atoms with Crippen LogP contribution in [0, 0.1) is 0 Å². The molecule has 1 fully saturated rings. The first-order valence-electron chi connectivity index (χ1n) is 9.49. The summed E-state index contributed by atoms with van der Waals surface area (Å²) >= 11 is 0. The van der Waals surface area contributed by atoms with Crippen LogP contribution < -0.4 is 10.2 Å². The maximum atomic E-state index is 12.5. The Morgan fingerprint density at radius 2 is 1.64 bits per heavy atom. The number of aliphatic carboxylic acids is 1. The number of fused-ring (bicyclic) bond motifs is 1. The number of carboxylic acid groups (broad SMARTS) is 1. The van der Waals surface area contributed by atoms with Crippen LogP contribution in [0.3, 0.4) is 0 Å². The van der Waals surface area contributed by atoms with Gasteiger partial charge in [0.2, 0.25) is 6.29 Å². The minimum atomic E-state index is -1.92. The van der Waals surface area contributed by atoms with Crippen LogP contribution >= 0.6 is 0 Å². The summed E-state index contributed by atoms with van der Waals surface area (Å²) in [5, 5.41) is 68.7. The molecule has 12 nitrogen and oxygen atoms in total. The lowest BCUT2D eigenvalue weighted by atomic mass is 9.99. The summed E-state index contributed by atoms with van der Waals surface area (Å²) in [5.74, 6) is -3.07. The van der Waals surface area contributed by atoms with E-state index >= 15 is 0 Å². The van der Waals surface area contributed by atoms with Crippen molar-refractivity contribution in [2.75, 3.05) is 0 Å². The minimum Gasteiger partial charge on any atom is -0.508 e. The third kappa shape index (κ3) is 4.03. The predicted molar refractivity (Wildman–Crippen MR) is 108 cm³/mol. The van der Waals surface area contributed by atoms with Gasteiger partial charge >= 0.3 is 5.97 Å². The molecule has 2 heterocycles. The summed E-state index contributed by atoms with van der Waals surface area (Å²) in [4.78, 5) is 23.8. The molecule has 1 aromatic heterocycles. The standard InChI is InChI=1S/C21H18O12/c22-7-1-2-10(23)9(3-7)13-6-12(25)15-11(24)4-8(5-14(15)32-13)31-21-18(28)16(26)17(27)19(33-21)20(29)30/h1-6,16-19,21-24,26-28H,(H,29,30)/t16-,17-,18-,19+,21+/m1/s1. The van der Waals surface area contributed by atoms with Gasteiger partial charge < -0.3 is 49.6 Å². The van der Waals surface area contributed by atoms with Crippen LogP contribution in [-0.4, -0.2) is 72.4 Å². The Balaban J connectivity index is 1.74. The number of ether oxygens (including phenoxy) is 2. The van der Waals surface area contributed by atoms with Crippen molar-refractivity contribution >= 4 is 16.9 Å². The van der Waals surface area contributed by atoms with Gasteiger partial charge in [0.25, 0.3) is 0 Å². The lowest BCUT2D eigenvalue weighted by molar-refractivity contribution is -0.271. The van der Waals surface area contributed by atoms with Crippen LogP contribution in [0.2, 0.25) is 0 Å². The molecule has 1 aliphatic rings. The molecule has 0 amide bonds. The summed E-state index contributed by atoms with van der Waals surface area (Å²) in [7, 11) is 0. The number of hydrogen-bond donors (Lipinski definition) is 7. The zero-order valence-electron chi connectivity index (χ0n) is 16.5. The van der Waals surface area contributed by atoms with E-state index in [9.17, 15) is 40.2 Å². The molecule has 4 rings (SSSR count). The number of aliphatic hydroxyl groups is 3. The molecule has 0 radical (unpaired) electrons. The molecule has 1 aliphatic heterocycles. The summed E-state index contributed by atoms with van der Waals surface area (Å²) in [6.45, 7) is 0. The van der Waals surface area contributed by atoms with Crippen molar-refractivity contribution in [2.45, 2.75) is 30.7 Å². The van der Waals surface area contributed by atoms with Gasteiger partial charge in [-0.3, -0.25) is 4.79 Å². The van der Waals surface area contributed by atoms with Crippen LogP contribution in [0.4, 0.5) is 0 Å². The number of carboxylic acids is 1. The highest BCUT2D eigenvalue weighted by molar-refractivity contribution is 5.86. The maximum Gasteiger partial charge on any atom is 0.335 e. The van der Waals surface area contributed by atoms with Gasteiger partial charge in [-0.15, -0.1) is 0 Å². The van der Waals surface area contributed by atoms with Crippen molar-refractivity contribution in [1.29, 1.82) is 0 Å². The Bertz CT molecular complexity index is 1280. The van der Waals surface area contributed by atoms with Gasteiger partial charge in [-0.05, 0) is 18.2 Å². The van der Waals surface area contributed by atoms with Crippen molar-refractivity contribution in [1.82, 2.24) is 0 Å². The molecule has 0 spiro atoms. The van der Waals surface area contributed by atoms with Crippen LogP contribution in [0.5, 0.6) is 23.0 Å². The van der Waals surface area contributed by atoms with E-state index in [4.69, 9.17) is 19.0 Å². The molecular weight excluding hydrogens is 444 g/mol. The first kappa shape index (κ1) is 22.4. The van der Waals surface area contributed by atoms with Gasteiger partial charge in [-0.25, -0.2) is 4.79 Å². The van der Waals surface area contributed by atoms with Gasteiger partial charge in [-0.1, -0.05) is 0 Å². The van der Waals surface area contributed by atoms with E-state index in [2.05, 4.69) is 0 Å². The normalized spacial score (nSPS) is 25.1. The fourth-order valence-electron chi connectivity index (χ4n) is 3.45. The average Bonchev–Trinajstić information content (AvgIpc) is 2.75. The summed E-state index contributed by atoms with van der Waals surface area (Å²) in [6, 6.07) is 6.68. The topological polar surface area (TPSA) is 207 Å². The molecule has 3 aromatic rings. The fourth-order valence-corrected chi connectivity index (χ4v) is 3.45. The van der Waals surface area contributed by atoms with E-state index in [0.717, 1.165) is 24.3 Å². The number of rotatable bonds is 4. The highest BCUT2D eigenvalue weighted by Gasteiger charge is 2.48.